The van der Waals surface area contributed by atoms with Gasteiger partial charge >= 0.3 is 12.0 Å². The summed E-state index contributed by atoms with van der Waals surface area (Å²) in [6.07, 6.45) is 1.64. The number of urea groups is 1. The highest BCUT2D eigenvalue weighted by Crippen LogP contribution is 2.14. The topological polar surface area (TPSA) is 110 Å². The monoisotopic (exact) mass is 402 g/mol. The van der Waals surface area contributed by atoms with Crippen LogP contribution >= 0.6 is 0 Å². The van der Waals surface area contributed by atoms with Crippen molar-refractivity contribution in [2.75, 3.05) is 37.7 Å². The van der Waals surface area contributed by atoms with Crippen molar-refractivity contribution in [1.29, 1.82) is 0 Å². The fourth-order valence-electron chi connectivity index (χ4n) is 3.29. The fraction of sp³-hybridized carbons (Fsp3) is 0.526. The van der Waals surface area contributed by atoms with Crippen LogP contribution in [0.15, 0.2) is 23.1 Å². The van der Waals surface area contributed by atoms with E-state index >= 15 is 0 Å². The number of fused-ring (bicyclic) bond motifs is 1. The van der Waals surface area contributed by atoms with Crippen molar-refractivity contribution in [3.8, 4) is 0 Å². The normalized spacial score (nSPS) is 15.3. The minimum atomic E-state index is -0.716. The lowest BCUT2D eigenvalue weighted by Gasteiger charge is -2.35. The average Bonchev–Trinajstić information content (AvgIpc) is 2.73. The number of esters is 1. The first-order chi connectivity index (χ1) is 14.0. The Morgan fingerprint density at radius 1 is 1.24 bits per heavy atom. The van der Waals surface area contributed by atoms with Crippen LogP contribution in [0.1, 0.15) is 20.8 Å². The summed E-state index contributed by atoms with van der Waals surface area (Å²) in [6.45, 7) is 7.74. The third-order valence-electron chi connectivity index (χ3n) is 4.85. The Hall–Kier alpha value is -3.17. The molecule has 10 heteroatoms. The highest BCUT2D eigenvalue weighted by Gasteiger charge is 2.26. The highest BCUT2D eigenvalue weighted by molar-refractivity contribution is 5.83. The number of hydrogen-bond acceptors (Lipinski definition) is 7. The van der Waals surface area contributed by atoms with Crippen LogP contribution in [0.2, 0.25) is 0 Å². The number of carbonyl (C=O) groups is 2. The van der Waals surface area contributed by atoms with E-state index in [0.29, 0.717) is 49.7 Å². The number of amides is 2. The maximum absolute atomic E-state index is 12.9. The molecule has 10 nitrogen and oxygen atoms in total. The molecule has 2 aromatic rings. The second-order valence-corrected chi connectivity index (χ2v) is 6.73. The Morgan fingerprint density at radius 2 is 1.97 bits per heavy atom. The first-order valence-electron chi connectivity index (χ1n) is 9.78. The summed E-state index contributed by atoms with van der Waals surface area (Å²) >= 11 is 0. The molecule has 2 amide bonds. The molecular formula is C19H26N6O4. The molecule has 29 heavy (non-hydrogen) atoms. The Kier molecular flexibility index (Phi) is 6.30. The lowest BCUT2D eigenvalue weighted by molar-refractivity contribution is -0.144. The minimum absolute atomic E-state index is 0.187. The van der Waals surface area contributed by atoms with Crippen molar-refractivity contribution in [2.24, 2.45) is 0 Å². The smallest absolute Gasteiger partial charge is 0.328 e. The van der Waals surface area contributed by atoms with Crippen LogP contribution in [0.4, 0.5) is 10.6 Å². The molecule has 2 aromatic heterocycles. The van der Waals surface area contributed by atoms with E-state index < -0.39 is 12.0 Å². The van der Waals surface area contributed by atoms with Gasteiger partial charge in [0.1, 0.15) is 11.6 Å². The fourth-order valence-corrected chi connectivity index (χ4v) is 3.29. The number of nitrogens with zero attached hydrogens (tertiary/aromatic N) is 5. The predicted octanol–water partition coefficient (Wildman–Crippen LogP) is 0.595. The Morgan fingerprint density at radius 3 is 2.62 bits per heavy atom. The van der Waals surface area contributed by atoms with Crippen LogP contribution in [0.3, 0.4) is 0 Å². The average molecular weight is 402 g/mol. The summed E-state index contributed by atoms with van der Waals surface area (Å²) in [4.78, 5) is 49.3. The van der Waals surface area contributed by atoms with Gasteiger partial charge in [-0.3, -0.25) is 9.36 Å². The summed E-state index contributed by atoms with van der Waals surface area (Å²) < 4.78 is 6.51. The molecule has 1 atom stereocenters. The molecule has 1 N–H and O–H groups in total. The van der Waals surface area contributed by atoms with Gasteiger partial charge in [0.2, 0.25) is 0 Å². The van der Waals surface area contributed by atoms with Crippen LogP contribution < -0.4 is 15.8 Å². The van der Waals surface area contributed by atoms with Gasteiger partial charge in [-0.1, -0.05) is 0 Å². The number of pyridine rings is 1. The van der Waals surface area contributed by atoms with E-state index in [0.717, 1.165) is 0 Å². The van der Waals surface area contributed by atoms with Crippen molar-refractivity contribution in [3.63, 3.8) is 0 Å². The van der Waals surface area contributed by atoms with Crippen molar-refractivity contribution in [1.82, 2.24) is 24.8 Å². The molecule has 156 valence electrons. The van der Waals surface area contributed by atoms with E-state index in [9.17, 15) is 14.4 Å². The van der Waals surface area contributed by atoms with Gasteiger partial charge in [0.25, 0.3) is 5.56 Å². The number of aromatic nitrogens is 3. The maximum atomic E-state index is 12.9. The number of anilines is 1. The van der Waals surface area contributed by atoms with Gasteiger partial charge in [-0.05, 0) is 32.9 Å². The van der Waals surface area contributed by atoms with Crippen LogP contribution in [0.5, 0.6) is 0 Å². The second-order valence-electron chi connectivity index (χ2n) is 6.73. The van der Waals surface area contributed by atoms with E-state index in [-0.39, 0.29) is 18.2 Å². The van der Waals surface area contributed by atoms with Gasteiger partial charge in [-0.15, -0.1) is 0 Å². The minimum Gasteiger partial charge on any atom is -0.464 e. The number of hydrogen-bond donors (Lipinski definition) is 1. The van der Waals surface area contributed by atoms with Crippen molar-refractivity contribution in [3.05, 3.63) is 28.7 Å². The van der Waals surface area contributed by atoms with Crippen LogP contribution in [0, 0.1) is 0 Å². The molecule has 3 rings (SSSR count). The highest BCUT2D eigenvalue weighted by atomic mass is 16.5. The van der Waals surface area contributed by atoms with E-state index in [2.05, 4.69) is 15.3 Å². The lowest BCUT2D eigenvalue weighted by atomic mass is 10.3. The molecule has 0 aromatic carbocycles. The van der Waals surface area contributed by atoms with Gasteiger partial charge in [-0.2, -0.15) is 0 Å². The Balaban J connectivity index is 1.70. The zero-order valence-corrected chi connectivity index (χ0v) is 16.9. The molecule has 3 heterocycles. The molecule has 1 saturated heterocycles. The predicted molar refractivity (Wildman–Crippen MR) is 108 cm³/mol. The van der Waals surface area contributed by atoms with Gasteiger partial charge < -0.3 is 19.9 Å². The van der Waals surface area contributed by atoms with Crippen LogP contribution in [-0.4, -0.2) is 70.3 Å². The van der Waals surface area contributed by atoms with Crippen molar-refractivity contribution < 1.29 is 14.3 Å². The number of aryl methyl sites for hydroxylation is 1. The second kappa shape index (κ2) is 8.89. The van der Waals surface area contributed by atoms with E-state index in [1.54, 1.807) is 35.6 Å². The SMILES string of the molecule is CCOC(=O)[C@H](C)NC(=O)N1CCN(c2nc3cccnc3n(CC)c2=O)CC1. The number of rotatable bonds is 5. The molecular weight excluding hydrogens is 376 g/mol. The summed E-state index contributed by atoms with van der Waals surface area (Å²) in [6, 6.07) is 2.58. The summed E-state index contributed by atoms with van der Waals surface area (Å²) in [5.41, 5.74) is 1.04. The molecule has 1 aliphatic rings. The summed E-state index contributed by atoms with van der Waals surface area (Å²) in [7, 11) is 0. The number of ether oxygens (including phenoxy) is 1. The maximum Gasteiger partial charge on any atom is 0.328 e. The van der Waals surface area contributed by atoms with Crippen LogP contribution in [0.25, 0.3) is 11.2 Å². The van der Waals surface area contributed by atoms with Gasteiger partial charge in [0.15, 0.2) is 11.5 Å². The Bertz CT molecular complexity index is 951. The van der Waals surface area contributed by atoms with Gasteiger partial charge in [0.05, 0.1) is 6.61 Å². The zero-order valence-electron chi connectivity index (χ0n) is 16.9. The van der Waals surface area contributed by atoms with Crippen LogP contribution in [-0.2, 0) is 16.1 Å². The largest absolute Gasteiger partial charge is 0.464 e. The zero-order chi connectivity index (χ0) is 21.0. The number of nitrogens with one attached hydrogen (secondary N) is 1. The Labute approximate surface area is 168 Å². The molecule has 0 aliphatic carbocycles. The molecule has 0 spiro atoms. The first kappa shape index (κ1) is 20.6. The quantitative estimate of drug-likeness (QED) is 0.729. The molecule has 0 bridgehead atoms. The number of piperazine rings is 1. The molecule has 0 unspecified atom stereocenters. The summed E-state index contributed by atoms with van der Waals surface area (Å²) in [5, 5.41) is 2.65. The standard InChI is InChI=1S/C19H26N6O4/c1-4-25-15-14(7-6-8-20-15)22-16(17(25)26)23-9-11-24(12-10-23)19(28)21-13(3)18(27)29-5-2/h6-8,13H,4-5,9-12H2,1-3H3,(H,21,28)/t13-/m0/s1. The van der Waals surface area contributed by atoms with E-state index in [1.165, 1.54) is 0 Å². The summed E-state index contributed by atoms with van der Waals surface area (Å²) in [5.74, 6) is -0.0964. The van der Waals surface area contributed by atoms with Crippen molar-refractivity contribution in [2.45, 2.75) is 33.4 Å². The lowest BCUT2D eigenvalue weighted by Crippen LogP contribution is -2.55. The number of carbonyl (C=O) groups excluding carboxylic acids is 2. The molecule has 1 fully saturated rings. The van der Waals surface area contributed by atoms with Crippen molar-refractivity contribution >= 4 is 29.0 Å². The molecule has 0 saturated carbocycles. The third kappa shape index (κ3) is 4.30. The molecule has 1 aliphatic heterocycles. The van der Waals surface area contributed by atoms with Gasteiger partial charge in [0, 0.05) is 38.9 Å². The first-order valence-corrected chi connectivity index (χ1v) is 9.78. The third-order valence-corrected chi connectivity index (χ3v) is 4.85. The van der Waals surface area contributed by atoms with E-state index in [4.69, 9.17) is 4.74 Å². The van der Waals surface area contributed by atoms with E-state index in [1.807, 2.05) is 17.9 Å². The van der Waals surface area contributed by atoms with Gasteiger partial charge in [-0.25, -0.2) is 19.6 Å². The molecule has 0 radical (unpaired) electrons.